The molecule has 0 saturated carbocycles. The highest BCUT2D eigenvalue weighted by atomic mass is 19.4. The second-order valence-electron chi connectivity index (χ2n) is 2.90. The van der Waals surface area contributed by atoms with Crippen molar-refractivity contribution in [3.05, 3.63) is 35.9 Å². The van der Waals surface area contributed by atoms with E-state index in [0.29, 0.717) is 0 Å². The quantitative estimate of drug-likeness (QED) is 0.749. The highest BCUT2D eigenvalue weighted by Crippen LogP contribution is 2.16. The van der Waals surface area contributed by atoms with Crippen LogP contribution in [0.25, 0.3) is 0 Å². The Morgan fingerprint density at radius 1 is 1.19 bits per heavy atom. The smallest absolute Gasteiger partial charge is 0.371 e. The molecule has 0 amide bonds. The first kappa shape index (κ1) is 12.5. The van der Waals surface area contributed by atoms with Gasteiger partial charge >= 0.3 is 12.3 Å². The molecule has 0 saturated heterocycles. The highest BCUT2D eigenvalue weighted by Gasteiger charge is 2.33. The first-order valence-corrected chi connectivity index (χ1v) is 4.37. The van der Waals surface area contributed by atoms with Crippen molar-refractivity contribution in [2.24, 2.45) is 0 Å². The van der Waals surface area contributed by atoms with Crippen molar-refractivity contribution in [2.75, 3.05) is 6.61 Å². The minimum absolute atomic E-state index is 0.0633. The Balaban J connectivity index is 2.24. The summed E-state index contributed by atoms with van der Waals surface area (Å²) in [4.78, 5) is 10.6. The van der Waals surface area contributed by atoms with Gasteiger partial charge in [0.25, 0.3) is 0 Å². The van der Waals surface area contributed by atoms with E-state index in [1.807, 2.05) is 0 Å². The summed E-state index contributed by atoms with van der Waals surface area (Å²) in [5.74, 6) is -1.46. The summed E-state index contributed by atoms with van der Waals surface area (Å²) in [7, 11) is 0. The van der Waals surface area contributed by atoms with E-state index in [-0.39, 0.29) is 6.61 Å². The number of benzene rings is 1. The van der Waals surface area contributed by atoms with E-state index in [1.165, 1.54) is 0 Å². The molecule has 0 bridgehead atoms. The summed E-state index contributed by atoms with van der Waals surface area (Å²) >= 11 is 0. The zero-order valence-electron chi connectivity index (χ0n) is 8.16. The van der Waals surface area contributed by atoms with E-state index < -0.39 is 18.9 Å². The molecule has 1 aromatic rings. The predicted octanol–water partition coefficient (Wildman–Crippen LogP) is 2.27. The van der Waals surface area contributed by atoms with Gasteiger partial charge in [-0.1, -0.05) is 30.3 Å². The maximum absolute atomic E-state index is 11.6. The van der Waals surface area contributed by atoms with Crippen LogP contribution in [-0.4, -0.2) is 18.9 Å². The molecule has 16 heavy (non-hydrogen) atoms. The topological polar surface area (TPSA) is 35.5 Å². The zero-order chi connectivity index (χ0) is 12.0. The van der Waals surface area contributed by atoms with E-state index in [9.17, 15) is 18.0 Å². The third-order valence-electron chi connectivity index (χ3n) is 1.56. The van der Waals surface area contributed by atoms with Gasteiger partial charge in [-0.3, -0.25) is 0 Å². The van der Waals surface area contributed by atoms with Crippen LogP contribution in [0.5, 0.6) is 0 Å². The Kier molecular flexibility index (Phi) is 4.30. The summed E-state index contributed by atoms with van der Waals surface area (Å²) in [5, 5.41) is 0. The van der Waals surface area contributed by atoms with E-state index in [2.05, 4.69) is 4.74 Å². The lowest BCUT2D eigenvalue weighted by molar-refractivity contribution is -0.307. The minimum atomic E-state index is -4.95. The Morgan fingerprint density at radius 2 is 1.81 bits per heavy atom. The van der Waals surface area contributed by atoms with Gasteiger partial charge in [-0.2, -0.15) is 0 Å². The van der Waals surface area contributed by atoms with Crippen molar-refractivity contribution in [1.82, 2.24) is 0 Å². The fourth-order valence-electron chi connectivity index (χ4n) is 0.985. The molecule has 0 aromatic heterocycles. The maximum Gasteiger partial charge on any atom is 0.575 e. The lowest BCUT2D eigenvalue weighted by Gasteiger charge is -2.07. The summed E-state index contributed by atoms with van der Waals surface area (Å²) in [6.45, 7) is -0.664. The van der Waals surface area contributed by atoms with Crippen LogP contribution in [0.1, 0.15) is 5.56 Å². The second kappa shape index (κ2) is 5.50. The predicted molar refractivity (Wildman–Crippen MR) is 48.2 cm³/mol. The number of esters is 1. The van der Waals surface area contributed by atoms with E-state index in [4.69, 9.17) is 4.74 Å². The van der Waals surface area contributed by atoms with Crippen molar-refractivity contribution >= 4 is 5.97 Å². The van der Waals surface area contributed by atoms with Gasteiger partial charge in [0.1, 0.15) is 6.61 Å². The molecule has 6 heteroatoms. The lowest BCUT2D eigenvalue weighted by atomic mass is 10.2. The van der Waals surface area contributed by atoms with Gasteiger partial charge in [-0.15, -0.1) is 13.2 Å². The molecule has 1 aromatic carbocycles. The minimum Gasteiger partial charge on any atom is -0.371 e. The molecule has 0 radical (unpaired) electrons. The van der Waals surface area contributed by atoms with Crippen LogP contribution in [0.3, 0.4) is 0 Å². The van der Waals surface area contributed by atoms with Crippen LogP contribution in [0, 0.1) is 0 Å². The number of alkyl halides is 3. The van der Waals surface area contributed by atoms with E-state index in [1.54, 1.807) is 30.3 Å². The molecule has 0 atom stereocenters. The molecule has 0 aliphatic heterocycles. The summed E-state index contributed by atoms with van der Waals surface area (Å²) in [6, 6.07) is 8.77. The number of ether oxygens (including phenoxy) is 2. The largest absolute Gasteiger partial charge is 0.575 e. The Labute approximate surface area is 89.8 Å². The molecule has 0 aliphatic rings. The third-order valence-corrected chi connectivity index (χ3v) is 1.56. The Bertz CT molecular complexity index is 335. The SMILES string of the molecule is O=C(COCc1ccccc1)OC(F)(F)F. The highest BCUT2D eigenvalue weighted by molar-refractivity contribution is 5.70. The lowest BCUT2D eigenvalue weighted by Crippen LogP contribution is -2.22. The van der Waals surface area contributed by atoms with Gasteiger partial charge in [0.2, 0.25) is 0 Å². The zero-order valence-corrected chi connectivity index (χ0v) is 8.16. The van der Waals surface area contributed by atoms with Crippen LogP contribution in [0.15, 0.2) is 30.3 Å². The van der Waals surface area contributed by atoms with Crippen molar-refractivity contribution in [1.29, 1.82) is 0 Å². The second-order valence-corrected chi connectivity index (χ2v) is 2.90. The van der Waals surface area contributed by atoms with Gasteiger partial charge in [0, 0.05) is 0 Å². The average Bonchev–Trinajstić information content (AvgIpc) is 2.16. The third kappa shape index (κ3) is 5.35. The van der Waals surface area contributed by atoms with Crippen molar-refractivity contribution in [3.63, 3.8) is 0 Å². The first-order chi connectivity index (χ1) is 7.47. The molecule has 88 valence electrons. The number of carbonyl (C=O) groups is 1. The fraction of sp³-hybridized carbons (Fsp3) is 0.300. The number of halogens is 3. The molecular formula is C10H9F3O3. The van der Waals surface area contributed by atoms with Crippen LogP contribution in [-0.2, 0) is 20.9 Å². The molecular weight excluding hydrogens is 225 g/mol. The first-order valence-electron chi connectivity index (χ1n) is 4.37. The van der Waals surface area contributed by atoms with Crippen molar-refractivity contribution < 1.29 is 27.4 Å². The molecule has 3 nitrogen and oxygen atoms in total. The molecule has 0 heterocycles. The molecule has 0 unspecified atom stereocenters. The van der Waals surface area contributed by atoms with Gasteiger partial charge in [-0.05, 0) is 5.56 Å². The van der Waals surface area contributed by atoms with Crippen molar-refractivity contribution in [2.45, 2.75) is 13.0 Å². The van der Waals surface area contributed by atoms with Crippen molar-refractivity contribution in [3.8, 4) is 0 Å². The number of hydrogen-bond acceptors (Lipinski definition) is 3. The monoisotopic (exact) mass is 234 g/mol. The average molecular weight is 234 g/mol. The Hall–Kier alpha value is -1.56. The Morgan fingerprint density at radius 3 is 2.38 bits per heavy atom. The van der Waals surface area contributed by atoms with Gasteiger partial charge in [0.05, 0.1) is 6.61 Å². The molecule has 0 fully saturated rings. The van der Waals surface area contributed by atoms with Crippen LogP contribution < -0.4 is 0 Å². The van der Waals surface area contributed by atoms with Crippen LogP contribution in [0.4, 0.5) is 13.2 Å². The van der Waals surface area contributed by atoms with E-state index in [0.717, 1.165) is 5.56 Å². The normalized spacial score (nSPS) is 11.2. The summed E-state index contributed by atoms with van der Waals surface area (Å²) in [5.41, 5.74) is 0.766. The van der Waals surface area contributed by atoms with Gasteiger partial charge in [-0.25, -0.2) is 4.79 Å². The molecule has 0 aliphatic carbocycles. The number of hydrogen-bond donors (Lipinski definition) is 0. The van der Waals surface area contributed by atoms with Gasteiger partial charge in [0.15, 0.2) is 0 Å². The maximum atomic E-state index is 11.6. The van der Waals surface area contributed by atoms with Crippen LogP contribution in [0.2, 0.25) is 0 Å². The van der Waals surface area contributed by atoms with Gasteiger partial charge < -0.3 is 9.47 Å². The molecule has 0 spiro atoms. The van der Waals surface area contributed by atoms with Crippen LogP contribution >= 0.6 is 0 Å². The van der Waals surface area contributed by atoms with E-state index >= 15 is 0 Å². The standard InChI is InChI=1S/C10H9F3O3/c11-10(12,13)16-9(14)7-15-6-8-4-2-1-3-5-8/h1-5H,6-7H2. The summed E-state index contributed by atoms with van der Waals surface area (Å²) < 4.78 is 42.5. The molecule has 0 N–H and O–H groups in total. The number of carbonyl (C=O) groups excluding carboxylic acids is 1. The summed E-state index contributed by atoms with van der Waals surface area (Å²) in [6.07, 6.45) is -4.95. The number of rotatable bonds is 4. The fourth-order valence-corrected chi connectivity index (χ4v) is 0.985. The molecule has 1 rings (SSSR count).